The van der Waals surface area contributed by atoms with Gasteiger partial charge in [-0.25, -0.2) is 8.42 Å². The number of rotatable bonds is 5. The lowest BCUT2D eigenvalue weighted by molar-refractivity contribution is -0.123. The van der Waals surface area contributed by atoms with Crippen molar-refractivity contribution >= 4 is 39.1 Å². The molecule has 0 bridgehead atoms. The Morgan fingerprint density at radius 1 is 1.11 bits per heavy atom. The van der Waals surface area contributed by atoms with Gasteiger partial charge in [-0.05, 0) is 37.0 Å². The molecule has 1 aromatic carbocycles. The smallest absolute Gasteiger partial charge is 0.243 e. The number of sulfonamides is 1. The van der Waals surface area contributed by atoms with Gasteiger partial charge in [-0.2, -0.15) is 4.31 Å². The van der Waals surface area contributed by atoms with Gasteiger partial charge < -0.3 is 5.32 Å². The van der Waals surface area contributed by atoms with Crippen molar-refractivity contribution in [2.75, 3.05) is 32.7 Å². The van der Waals surface area contributed by atoms with Crippen molar-refractivity contribution in [3.05, 3.63) is 28.2 Å². The van der Waals surface area contributed by atoms with Gasteiger partial charge in [0.15, 0.2) is 0 Å². The van der Waals surface area contributed by atoms with Crippen LogP contribution in [-0.4, -0.2) is 62.3 Å². The first-order chi connectivity index (χ1) is 13.3. The Balaban J connectivity index is 1.52. The van der Waals surface area contributed by atoms with Crippen molar-refractivity contribution in [2.45, 2.75) is 43.5 Å². The van der Waals surface area contributed by atoms with E-state index in [4.69, 9.17) is 23.2 Å². The lowest BCUT2D eigenvalue weighted by atomic mass is 9.86. The van der Waals surface area contributed by atoms with Crippen LogP contribution in [0.3, 0.4) is 0 Å². The highest BCUT2D eigenvalue weighted by Crippen LogP contribution is 2.27. The summed E-state index contributed by atoms with van der Waals surface area (Å²) in [6.45, 7) is 4.23. The number of carbonyl (C=O) groups is 1. The molecule has 1 aliphatic carbocycles. The van der Waals surface area contributed by atoms with Crippen LogP contribution in [0, 0.1) is 5.92 Å². The number of halogens is 2. The van der Waals surface area contributed by atoms with Crippen LogP contribution in [0.1, 0.15) is 32.6 Å². The summed E-state index contributed by atoms with van der Waals surface area (Å²) in [6.07, 6.45) is 4.61. The predicted molar refractivity (Wildman–Crippen MR) is 111 cm³/mol. The monoisotopic (exact) mass is 447 g/mol. The molecule has 1 aromatic rings. The van der Waals surface area contributed by atoms with Crippen LogP contribution in [-0.2, 0) is 14.8 Å². The Labute approximate surface area is 177 Å². The van der Waals surface area contributed by atoms with Crippen LogP contribution in [0.5, 0.6) is 0 Å². The zero-order valence-corrected chi connectivity index (χ0v) is 18.4. The third-order valence-electron chi connectivity index (χ3n) is 5.69. The Morgan fingerprint density at radius 3 is 2.43 bits per heavy atom. The standard InChI is InChI=1S/C19H27Cl2N3O3S/c1-14-4-2-3-5-18(14)22-19(25)13-23-8-10-24(11-9-23)28(26,27)15-6-7-16(20)17(21)12-15/h6-7,12,14,18H,2-5,8-11,13H2,1H3,(H,22,25)/t14-,18+/m0/s1. The van der Waals surface area contributed by atoms with Gasteiger partial charge in [0.1, 0.15) is 0 Å². The second-order valence-electron chi connectivity index (χ2n) is 7.69. The number of hydrogen-bond donors (Lipinski definition) is 1. The summed E-state index contributed by atoms with van der Waals surface area (Å²) in [4.78, 5) is 14.5. The Bertz CT molecular complexity index is 811. The topological polar surface area (TPSA) is 69.7 Å². The van der Waals surface area contributed by atoms with Crippen LogP contribution < -0.4 is 5.32 Å². The summed E-state index contributed by atoms with van der Waals surface area (Å²) in [5.41, 5.74) is 0. The highest BCUT2D eigenvalue weighted by molar-refractivity contribution is 7.89. The van der Waals surface area contributed by atoms with Crippen molar-refractivity contribution in [2.24, 2.45) is 5.92 Å². The second kappa shape index (κ2) is 9.30. The van der Waals surface area contributed by atoms with E-state index in [-0.39, 0.29) is 21.9 Å². The predicted octanol–water partition coefficient (Wildman–Crippen LogP) is 2.99. The van der Waals surface area contributed by atoms with Crippen LogP contribution in [0.2, 0.25) is 10.0 Å². The molecule has 0 spiro atoms. The van der Waals surface area contributed by atoms with E-state index in [1.165, 1.54) is 35.3 Å². The van der Waals surface area contributed by atoms with Crippen LogP contribution >= 0.6 is 23.2 Å². The quantitative estimate of drug-likeness (QED) is 0.752. The molecule has 1 amide bonds. The van der Waals surface area contributed by atoms with Crippen molar-refractivity contribution in [3.8, 4) is 0 Å². The third kappa shape index (κ3) is 5.19. The zero-order valence-electron chi connectivity index (χ0n) is 16.0. The molecule has 0 radical (unpaired) electrons. The molecular weight excluding hydrogens is 421 g/mol. The summed E-state index contributed by atoms with van der Waals surface area (Å²) < 4.78 is 27.0. The highest BCUT2D eigenvalue weighted by Gasteiger charge is 2.30. The molecule has 2 atom stereocenters. The molecule has 3 rings (SSSR count). The number of nitrogens with zero attached hydrogens (tertiary/aromatic N) is 2. The SMILES string of the molecule is C[C@H]1CCCC[C@H]1NC(=O)CN1CCN(S(=O)(=O)c2ccc(Cl)c(Cl)c2)CC1. The number of amides is 1. The molecular formula is C19H27Cl2N3O3S. The van der Waals surface area contributed by atoms with Gasteiger partial charge in [0.25, 0.3) is 0 Å². The van der Waals surface area contributed by atoms with E-state index in [0.717, 1.165) is 12.8 Å². The van der Waals surface area contributed by atoms with Gasteiger partial charge in [0.2, 0.25) is 15.9 Å². The largest absolute Gasteiger partial charge is 0.352 e. The number of piperazine rings is 1. The number of hydrogen-bond acceptors (Lipinski definition) is 4. The minimum Gasteiger partial charge on any atom is -0.352 e. The summed E-state index contributed by atoms with van der Waals surface area (Å²) in [7, 11) is -3.62. The van der Waals surface area contributed by atoms with E-state index >= 15 is 0 Å². The average molecular weight is 448 g/mol. The summed E-state index contributed by atoms with van der Waals surface area (Å²) in [5, 5.41) is 3.70. The van der Waals surface area contributed by atoms with E-state index in [1.807, 2.05) is 4.90 Å². The summed E-state index contributed by atoms with van der Waals surface area (Å²) >= 11 is 11.8. The molecule has 0 unspecified atom stereocenters. The van der Waals surface area contributed by atoms with Gasteiger partial charge in [0, 0.05) is 32.2 Å². The lowest BCUT2D eigenvalue weighted by Gasteiger charge is -2.34. The van der Waals surface area contributed by atoms with Crippen molar-refractivity contribution in [1.29, 1.82) is 0 Å². The van der Waals surface area contributed by atoms with E-state index in [9.17, 15) is 13.2 Å². The molecule has 1 aliphatic heterocycles. The van der Waals surface area contributed by atoms with Crippen LogP contribution in [0.15, 0.2) is 23.1 Å². The first-order valence-electron chi connectivity index (χ1n) is 9.74. The fourth-order valence-electron chi connectivity index (χ4n) is 3.90. The minimum absolute atomic E-state index is 0.0274. The Hall–Kier alpha value is -0.860. The normalized spacial score (nSPS) is 24.8. The fourth-order valence-corrected chi connectivity index (χ4v) is 5.71. The number of benzene rings is 1. The molecule has 2 aliphatic rings. The van der Waals surface area contributed by atoms with E-state index < -0.39 is 10.0 Å². The van der Waals surface area contributed by atoms with Crippen LogP contribution in [0.4, 0.5) is 0 Å². The van der Waals surface area contributed by atoms with Gasteiger partial charge in [-0.3, -0.25) is 9.69 Å². The first-order valence-corrected chi connectivity index (χ1v) is 11.9. The maximum atomic E-state index is 12.8. The number of nitrogens with one attached hydrogen (secondary N) is 1. The maximum Gasteiger partial charge on any atom is 0.243 e. The summed E-state index contributed by atoms with van der Waals surface area (Å²) in [5.74, 6) is 0.547. The molecule has 28 heavy (non-hydrogen) atoms. The van der Waals surface area contributed by atoms with Crippen molar-refractivity contribution in [1.82, 2.24) is 14.5 Å². The molecule has 1 saturated carbocycles. The Kier molecular flexibility index (Phi) is 7.26. The molecule has 9 heteroatoms. The van der Waals surface area contributed by atoms with E-state index in [2.05, 4.69) is 12.2 Å². The van der Waals surface area contributed by atoms with Gasteiger partial charge in [-0.1, -0.05) is 43.0 Å². The van der Waals surface area contributed by atoms with E-state index in [0.29, 0.717) is 43.7 Å². The van der Waals surface area contributed by atoms with Gasteiger partial charge >= 0.3 is 0 Å². The molecule has 1 N–H and O–H groups in total. The average Bonchev–Trinajstić information content (AvgIpc) is 2.66. The third-order valence-corrected chi connectivity index (χ3v) is 8.32. The molecule has 156 valence electrons. The minimum atomic E-state index is -3.62. The number of carbonyl (C=O) groups excluding carboxylic acids is 1. The first kappa shape index (κ1) is 21.8. The van der Waals surface area contributed by atoms with Crippen molar-refractivity contribution in [3.63, 3.8) is 0 Å². The molecule has 2 fully saturated rings. The van der Waals surface area contributed by atoms with Crippen molar-refractivity contribution < 1.29 is 13.2 Å². The highest BCUT2D eigenvalue weighted by atomic mass is 35.5. The molecule has 0 aromatic heterocycles. The zero-order chi connectivity index (χ0) is 20.3. The lowest BCUT2D eigenvalue weighted by Crippen LogP contribution is -2.52. The van der Waals surface area contributed by atoms with Crippen LogP contribution in [0.25, 0.3) is 0 Å². The summed E-state index contributed by atoms with van der Waals surface area (Å²) in [6, 6.07) is 4.60. The van der Waals surface area contributed by atoms with Gasteiger partial charge in [-0.15, -0.1) is 0 Å². The second-order valence-corrected chi connectivity index (χ2v) is 10.4. The Morgan fingerprint density at radius 2 is 1.79 bits per heavy atom. The van der Waals surface area contributed by atoms with E-state index in [1.54, 1.807) is 0 Å². The molecule has 1 heterocycles. The molecule has 6 nitrogen and oxygen atoms in total. The fraction of sp³-hybridized carbons (Fsp3) is 0.632. The molecule has 1 saturated heterocycles. The van der Waals surface area contributed by atoms with Gasteiger partial charge in [0.05, 0.1) is 21.5 Å². The maximum absolute atomic E-state index is 12.8.